The van der Waals surface area contributed by atoms with E-state index >= 15 is 0 Å². The van der Waals surface area contributed by atoms with Crippen molar-refractivity contribution in [2.45, 2.75) is 45.5 Å². The molecule has 4 nitrogen and oxygen atoms in total. The topological polar surface area (TPSA) is 40.6 Å². The second kappa shape index (κ2) is 5.98. The first kappa shape index (κ1) is 16.0. The van der Waals surface area contributed by atoms with E-state index in [2.05, 4.69) is 32.7 Å². The van der Waals surface area contributed by atoms with Crippen LogP contribution in [0.2, 0.25) is 0 Å². The van der Waals surface area contributed by atoms with Gasteiger partial charge in [0.25, 0.3) is 0 Å². The molecule has 1 aromatic carbocycles. The van der Waals surface area contributed by atoms with Gasteiger partial charge in [0.15, 0.2) is 0 Å². The summed E-state index contributed by atoms with van der Waals surface area (Å²) in [6, 6.07) is 13.6. The van der Waals surface area contributed by atoms with E-state index in [1.54, 1.807) is 6.20 Å². The maximum absolute atomic E-state index is 6.08. The molecule has 3 rings (SSSR count). The minimum absolute atomic E-state index is 0.345. The van der Waals surface area contributed by atoms with Gasteiger partial charge in [-0.2, -0.15) is 0 Å². The van der Waals surface area contributed by atoms with Crippen molar-refractivity contribution in [2.24, 2.45) is 0 Å². The molecule has 0 spiro atoms. The van der Waals surface area contributed by atoms with Gasteiger partial charge < -0.3 is 14.0 Å². The Morgan fingerprint density at radius 2 is 1.74 bits per heavy atom. The van der Waals surface area contributed by atoms with Crippen LogP contribution >= 0.6 is 0 Å². The third kappa shape index (κ3) is 3.41. The summed E-state index contributed by atoms with van der Waals surface area (Å²) in [6.07, 6.45) is 1.76. The van der Waals surface area contributed by atoms with Gasteiger partial charge in [-0.25, -0.2) is 0 Å². The van der Waals surface area contributed by atoms with E-state index < -0.39 is 0 Å². The summed E-state index contributed by atoms with van der Waals surface area (Å²) in [5.41, 5.74) is 1.17. The first-order valence-corrected chi connectivity index (χ1v) is 7.86. The number of benzene rings is 1. The largest absolute Gasteiger partial charge is 0.494 e. The predicted octanol–water partition coefficient (Wildman–Crippen LogP) is 2.96. The predicted molar refractivity (Wildman–Crippen MR) is 90.7 cm³/mol. The highest BCUT2D eigenvalue weighted by Gasteiger charge is 2.51. The van der Waals surface area contributed by atoms with E-state index in [0.717, 1.165) is 16.9 Å². The Labute approximate surface area is 137 Å². The molecule has 0 bridgehead atoms. The fraction of sp³-hybridized carbons (Fsp3) is 0.389. The van der Waals surface area contributed by atoms with Gasteiger partial charge in [0.1, 0.15) is 12.4 Å². The average molecular weight is 311 g/mol. The van der Waals surface area contributed by atoms with Crippen molar-refractivity contribution in [3.63, 3.8) is 0 Å². The Balaban J connectivity index is 1.71. The quantitative estimate of drug-likeness (QED) is 0.814. The molecule has 2 heterocycles. The van der Waals surface area contributed by atoms with Crippen molar-refractivity contribution in [3.05, 3.63) is 54.4 Å². The van der Waals surface area contributed by atoms with Crippen LogP contribution in [0.3, 0.4) is 0 Å². The van der Waals surface area contributed by atoms with Crippen molar-refractivity contribution in [1.29, 1.82) is 0 Å². The monoisotopic (exact) mass is 311 g/mol. The van der Waals surface area contributed by atoms with Crippen molar-refractivity contribution in [2.75, 3.05) is 0 Å². The van der Waals surface area contributed by atoms with Crippen LogP contribution in [-0.2, 0) is 15.9 Å². The van der Waals surface area contributed by atoms with Crippen molar-refractivity contribution < 1.29 is 14.0 Å². The molecule has 1 saturated heterocycles. The Morgan fingerprint density at radius 1 is 1.00 bits per heavy atom. The first-order valence-electron chi connectivity index (χ1n) is 7.86. The molecular formula is C18H22BNO3. The van der Waals surface area contributed by atoms with E-state index in [9.17, 15) is 0 Å². The summed E-state index contributed by atoms with van der Waals surface area (Å²) < 4.78 is 18.0. The zero-order valence-corrected chi connectivity index (χ0v) is 14.1. The summed E-state index contributed by atoms with van der Waals surface area (Å²) >= 11 is 0. The molecule has 0 amide bonds. The molecule has 120 valence electrons. The van der Waals surface area contributed by atoms with Gasteiger partial charge in [0.05, 0.1) is 16.9 Å². The highest BCUT2D eigenvalue weighted by atomic mass is 16.7. The lowest BCUT2D eigenvalue weighted by molar-refractivity contribution is 0.00578. The number of aromatic nitrogens is 1. The SMILES string of the molecule is CC1(C)OB(c2cccc(OCc3ccccn3)c2)OC1(C)C. The number of nitrogens with zero attached hydrogens (tertiary/aromatic N) is 1. The van der Waals surface area contributed by atoms with E-state index in [-0.39, 0.29) is 18.3 Å². The van der Waals surface area contributed by atoms with E-state index in [1.165, 1.54) is 0 Å². The Bertz CT molecular complexity index is 657. The van der Waals surface area contributed by atoms with Crippen LogP contribution < -0.4 is 10.2 Å². The van der Waals surface area contributed by atoms with Crippen LogP contribution in [0.4, 0.5) is 0 Å². The second-order valence-electron chi connectivity index (χ2n) is 6.77. The van der Waals surface area contributed by atoms with Gasteiger partial charge in [0, 0.05) is 6.20 Å². The van der Waals surface area contributed by atoms with Crippen molar-refractivity contribution >= 4 is 12.6 Å². The van der Waals surface area contributed by atoms with Crippen LogP contribution in [0.25, 0.3) is 0 Å². The molecule has 1 aromatic heterocycles. The second-order valence-corrected chi connectivity index (χ2v) is 6.77. The standard InChI is InChI=1S/C18H22BNO3/c1-17(2)18(3,4)23-19(22-17)14-8-7-10-16(12-14)21-13-15-9-5-6-11-20-15/h5-12H,13H2,1-4H3. The third-order valence-corrected chi connectivity index (χ3v) is 4.50. The Kier molecular flexibility index (Phi) is 4.17. The van der Waals surface area contributed by atoms with Crippen LogP contribution in [0.1, 0.15) is 33.4 Å². The Morgan fingerprint density at radius 3 is 2.39 bits per heavy atom. The maximum Gasteiger partial charge on any atom is 0.494 e. The molecule has 5 heteroatoms. The zero-order valence-electron chi connectivity index (χ0n) is 14.1. The van der Waals surface area contributed by atoms with Gasteiger partial charge in [0.2, 0.25) is 0 Å². The Hall–Kier alpha value is -1.85. The first-order chi connectivity index (χ1) is 10.9. The molecule has 23 heavy (non-hydrogen) atoms. The third-order valence-electron chi connectivity index (χ3n) is 4.50. The molecule has 1 aliphatic heterocycles. The smallest absolute Gasteiger partial charge is 0.487 e. The highest BCUT2D eigenvalue weighted by Crippen LogP contribution is 2.36. The molecule has 0 aliphatic carbocycles. The number of rotatable bonds is 4. The minimum atomic E-state index is -0.376. The van der Waals surface area contributed by atoms with Crippen LogP contribution in [-0.4, -0.2) is 23.3 Å². The summed E-state index contributed by atoms with van der Waals surface area (Å²) in [7, 11) is -0.376. The number of pyridine rings is 1. The van der Waals surface area contributed by atoms with Crippen LogP contribution in [0.5, 0.6) is 5.75 Å². The van der Waals surface area contributed by atoms with Crippen LogP contribution in [0.15, 0.2) is 48.7 Å². The molecule has 0 radical (unpaired) electrons. The summed E-state index contributed by atoms with van der Waals surface area (Å²) in [6.45, 7) is 8.64. The summed E-state index contributed by atoms with van der Waals surface area (Å²) in [5, 5.41) is 0. The molecule has 0 unspecified atom stereocenters. The number of hydrogen-bond donors (Lipinski definition) is 0. The molecule has 0 N–H and O–H groups in total. The van der Waals surface area contributed by atoms with Gasteiger partial charge in [-0.05, 0) is 57.4 Å². The lowest BCUT2D eigenvalue weighted by Crippen LogP contribution is -2.41. The fourth-order valence-corrected chi connectivity index (χ4v) is 2.37. The molecule has 1 fully saturated rings. The number of ether oxygens (including phenoxy) is 1. The number of hydrogen-bond acceptors (Lipinski definition) is 4. The molecular weight excluding hydrogens is 289 g/mol. The van der Waals surface area contributed by atoms with Gasteiger partial charge in [-0.15, -0.1) is 0 Å². The zero-order chi connectivity index (χ0) is 16.5. The summed E-state index contributed by atoms with van der Waals surface area (Å²) in [5.74, 6) is 0.780. The average Bonchev–Trinajstić information content (AvgIpc) is 2.75. The maximum atomic E-state index is 6.08. The van der Waals surface area contributed by atoms with Crippen molar-refractivity contribution in [1.82, 2.24) is 4.98 Å². The summed E-state index contributed by atoms with van der Waals surface area (Å²) in [4.78, 5) is 4.26. The molecule has 1 aliphatic rings. The van der Waals surface area contributed by atoms with Gasteiger partial charge in [-0.3, -0.25) is 4.98 Å². The molecule has 0 atom stereocenters. The fourth-order valence-electron chi connectivity index (χ4n) is 2.37. The van der Waals surface area contributed by atoms with E-state index in [4.69, 9.17) is 14.0 Å². The minimum Gasteiger partial charge on any atom is -0.487 e. The normalized spacial score (nSPS) is 18.9. The van der Waals surface area contributed by atoms with Gasteiger partial charge in [-0.1, -0.05) is 18.2 Å². The molecule has 2 aromatic rings. The van der Waals surface area contributed by atoms with Gasteiger partial charge >= 0.3 is 7.12 Å². The molecule has 0 saturated carbocycles. The van der Waals surface area contributed by atoms with E-state index in [1.807, 2.05) is 42.5 Å². The lowest BCUT2D eigenvalue weighted by atomic mass is 9.79. The highest BCUT2D eigenvalue weighted by molar-refractivity contribution is 6.62. The lowest BCUT2D eigenvalue weighted by Gasteiger charge is -2.32. The van der Waals surface area contributed by atoms with E-state index in [0.29, 0.717) is 6.61 Å². The van der Waals surface area contributed by atoms with Crippen LogP contribution in [0, 0.1) is 0 Å². The van der Waals surface area contributed by atoms with Crippen molar-refractivity contribution in [3.8, 4) is 5.75 Å².